The van der Waals surface area contributed by atoms with E-state index in [0.717, 1.165) is 18.4 Å². The third-order valence-electron chi connectivity index (χ3n) is 5.01. The van der Waals surface area contributed by atoms with Gasteiger partial charge in [0.2, 0.25) is 5.91 Å². The van der Waals surface area contributed by atoms with E-state index in [9.17, 15) is 9.18 Å². The van der Waals surface area contributed by atoms with E-state index in [1.54, 1.807) is 12.1 Å². The zero-order valence-electron chi connectivity index (χ0n) is 13.9. The number of carbonyl (C=O) groups is 1. The quantitative estimate of drug-likeness (QED) is 0.858. The number of hydrogen-bond donors (Lipinski definition) is 0. The molecule has 23 heavy (non-hydrogen) atoms. The Bertz CT molecular complexity index is 553. The van der Waals surface area contributed by atoms with E-state index < -0.39 is 0 Å². The van der Waals surface area contributed by atoms with Gasteiger partial charge in [0.1, 0.15) is 11.9 Å². The van der Waals surface area contributed by atoms with Gasteiger partial charge in [0, 0.05) is 13.1 Å². The molecule has 1 amide bonds. The lowest BCUT2D eigenvalue weighted by Gasteiger charge is -2.42. The van der Waals surface area contributed by atoms with Crippen LogP contribution in [0.3, 0.4) is 0 Å². The van der Waals surface area contributed by atoms with Crippen molar-refractivity contribution in [2.45, 2.75) is 37.3 Å². The van der Waals surface area contributed by atoms with Crippen molar-refractivity contribution in [3.8, 4) is 0 Å². The fraction of sp³-hybridized carbons (Fsp3) is 0.611. The molecule has 2 aliphatic rings. The molecule has 0 aromatic heterocycles. The number of nitrogens with zero attached hydrogens (tertiary/aromatic N) is 2. The van der Waals surface area contributed by atoms with Gasteiger partial charge in [0.25, 0.3) is 0 Å². The minimum atomic E-state index is -0.382. The molecule has 1 heterocycles. The Hall–Kier alpha value is -1.46. The van der Waals surface area contributed by atoms with Crippen molar-refractivity contribution < 1.29 is 13.9 Å². The zero-order valence-corrected chi connectivity index (χ0v) is 13.9. The summed E-state index contributed by atoms with van der Waals surface area (Å²) in [5.41, 5.74) is 0.696. The zero-order chi connectivity index (χ0) is 16.4. The molecule has 0 radical (unpaired) electrons. The van der Waals surface area contributed by atoms with Gasteiger partial charge in [-0.15, -0.1) is 0 Å². The Morgan fingerprint density at radius 1 is 1.26 bits per heavy atom. The lowest BCUT2D eigenvalue weighted by Crippen LogP contribution is -2.54. The molecule has 5 heteroatoms. The predicted octanol–water partition coefficient (Wildman–Crippen LogP) is 2.60. The molecule has 1 spiro atoms. The van der Waals surface area contributed by atoms with Crippen LogP contribution in [-0.4, -0.2) is 55.1 Å². The molecule has 1 aliphatic heterocycles. The first-order valence-corrected chi connectivity index (χ1v) is 8.35. The number of likely N-dealkylation sites (N-methyl/N-ethyl adjacent to an activating group) is 1. The fourth-order valence-electron chi connectivity index (χ4n) is 3.83. The van der Waals surface area contributed by atoms with Crippen molar-refractivity contribution in [2.75, 3.05) is 33.8 Å². The molecule has 1 aliphatic carbocycles. The second kappa shape index (κ2) is 6.57. The number of amides is 1. The van der Waals surface area contributed by atoms with Gasteiger partial charge in [-0.05, 0) is 44.6 Å². The van der Waals surface area contributed by atoms with Crippen molar-refractivity contribution in [2.24, 2.45) is 0 Å². The Morgan fingerprint density at radius 2 is 1.91 bits per heavy atom. The maximum atomic E-state index is 13.2. The van der Waals surface area contributed by atoms with Crippen LogP contribution in [0, 0.1) is 5.82 Å². The summed E-state index contributed by atoms with van der Waals surface area (Å²) in [6, 6.07) is 5.84. The summed E-state index contributed by atoms with van der Waals surface area (Å²) in [6.07, 6.45) is 4.44. The van der Waals surface area contributed by atoms with Gasteiger partial charge in [0.05, 0.1) is 12.2 Å². The highest BCUT2D eigenvalue weighted by molar-refractivity contribution is 5.83. The summed E-state index contributed by atoms with van der Waals surface area (Å²) in [7, 11) is 3.77. The average Bonchev–Trinajstić information content (AvgIpc) is 2.97. The van der Waals surface area contributed by atoms with Gasteiger partial charge in [-0.3, -0.25) is 9.69 Å². The molecular weight excluding hydrogens is 295 g/mol. The van der Waals surface area contributed by atoms with Gasteiger partial charge in [-0.1, -0.05) is 25.0 Å². The minimum absolute atomic E-state index is 0.0798. The third kappa shape index (κ3) is 3.40. The van der Waals surface area contributed by atoms with Crippen LogP contribution < -0.4 is 0 Å². The monoisotopic (exact) mass is 320 g/mol. The molecule has 1 aromatic rings. The van der Waals surface area contributed by atoms with Crippen molar-refractivity contribution in [1.29, 1.82) is 0 Å². The van der Waals surface area contributed by atoms with Crippen LogP contribution in [0.1, 0.15) is 37.3 Å². The van der Waals surface area contributed by atoms with Gasteiger partial charge in [0.15, 0.2) is 0 Å². The lowest BCUT2D eigenvalue weighted by atomic mass is 9.98. The maximum Gasteiger partial charge on any atom is 0.244 e. The molecule has 4 nitrogen and oxygen atoms in total. The minimum Gasteiger partial charge on any atom is -0.371 e. The predicted molar refractivity (Wildman–Crippen MR) is 86.6 cm³/mol. The van der Waals surface area contributed by atoms with Crippen LogP contribution >= 0.6 is 0 Å². The molecule has 126 valence electrons. The number of halogens is 1. The summed E-state index contributed by atoms with van der Waals surface area (Å²) in [5, 5.41) is 0. The number of morpholine rings is 1. The summed E-state index contributed by atoms with van der Waals surface area (Å²) in [5.74, 6) is -0.203. The molecular formula is C18H25FN2O2. The highest BCUT2D eigenvalue weighted by Crippen LogP contribution is 2.36. The van der Waals surface area contributed by atoms with E-state index in [-0.39, 0.29) is 23.4 Å². The molecule has 0 N–H and O–H groups in total. The Labute approximate surface area is 137 Å². The van der Waals surface area contributed by atoms with Gasteiger partial charge in [-0.2, -0.15) is 0 Å². The van der Waals surface area contributed by atoms with Crippen LogP contribution in [0.5, 0.6) is 0 Å². The van der Waals surface area contributed by atoms with Crippen molar-refractivity contribution in [1.82, 2.24) is 9.80 Å². The second-order valence-corrected chi connectivity index (χ2v) is 6.92. The van der Waals surface area contributed by atoms with Crippen LogP contribution in [0.4, 0.5) is 4.39 Å². The summed E-state index contributed by atoms with van der Waals surface area (Å²) < 4.78 is 19.2. The van der Waals surface area contributed by atoms with E-state index in [2.05, 4.69) is 0 Å². The van der Waals surface area contributed by atoms with Crippen LogP contribution in [0.15, 0.2) is 24.3 Å². The third-order valence-corrected chi connectivity index (χ3v) is 5.01. The molecule has 0 bridgehead atoms. The largest absolute Gasteiger partial charge is 0.371 e. The average molecular weight is 320 g/mol. The van der Waals surface area contributed by atoms with E-state index in [1.807, 2.05) is 23.9 Å². The normalized spacial score (nSPS) is 21.8. The van der Waals surface area contributed by atoms with Crippen LogP contribution in [0.25, 0.3) is 0 Å². The van der Waals surface area contributed by atoms with Gasteiger partial charge < -0.3 is 9.64 Å². The summed E-state index contributed by atoms with van der Waals surface area (Å²) in [4.78, 5) is 16.9. The van der Waals surface area contributed by atoms with E-state index in [4.69, 9.17) is 4.74 Å². The fourth-order valence-corrected chi connectivity index (χ4v) is 3.83. The summed E-state index contributed by atoms with van der Waals surface area (Å²) in [6.45, 7) is 1.92. The molecule has 1 aromatic carbocycles. The Balaban J connectivity index is 1.79. The smallest absolute Gasteiger partial charge is 0.244 e. The van der Waals surface area contributed by atoms with Crippen LogP contribution in [0.2, 0.25) is 0 Å². The van der Waals surface area contributed by atoms with Crippen molar-refractivity contribution in [3.05, 3.63) is 35.6 Å². The standard InChI is InChI=1S/C18H25FN2O2/c1-20(2)16(14-5-7-15(19)8-6-14)17(22)21-11-12-23-18(13-21)9-3-4-10-18/h5-8,16H,3-4,9-13H2,1-2H3. The number of carbonyl (C=O) groups excluding carboxylic acids is 1. The number of hydrogen-bond acceptors (Lipinski definition) is 3. The maximum absolute atomic E-state index is 13.2. The molecule has 1 atom stereocenters. The number of benzene rings is 1. The molecule has 3 rings (SSSR count). The van der Waals surface area contributed by atoms with E-state index in [0.29, 0.717) is 19.7 Å². The second-order valence-electron chi connectivity index (χ2n) is 6.92. The van der Waals surface area contributed by atoms with Crippen molar-refractivity contribution >= 4 is 5.91 Å². The summed E-state index contributed by atoms with van der Waals surface area (Å²) >= 11 is 0. The Morgan fingerprint density at radius 3 is 2.52 bits per heavy atom. The van der Waals surface area contributed by atoms with Crippen molar-refractivity contribution in [3.63, 3.8) is 0 Å². The Kier molecular flexibility index (Phi) is 4.69. The van der Waals surface area contributed by atoms with Gasteiger partial charge in [-0.25, -0.2) is 4.39 Å². The first-order chi connectivity index (χ1) is 11.0. The van der Waals surface area contributed by atoms with Gasteiger partial charge >= 0.3 is 0 Å². The first kappa shape index (κ1) is 16.4. The highest BCUT2D eigenvalue weighted by atomic mass is 19.1. The molecule has 1 saturated carbocycles. The SMILES string of the molecule is CN(C)C(C(=O)N1CCOC2(CCCC2)C1)c1ccc(F)cc1. The molecule has 1 saturated heterocycles. The first-order valence-electron chi connectivity index (χ1n) is 8.35. The highest BCUT2D eigenvalue weighted by Gasteiger charge is 2.42. The van der Waals surface area contributed by atoms with Crippen LogP contribution in [-0.2, 0) is 9.53 Å². The molecule has 2 fully saturated rings. The van der Waals surface area contributed by atoms with E-state index >= 15 is 0 Å². The topological polar surface area (TPSA) is 32.8 Å². The number of ether oxygens (including phenoxy) is 1. The van der Waals surface area contributed by atoms with E-state index in [1.165, 1.54) is 25.0 Å². The number of rotatable bonds is 3. The lowest BCUT2D eigenvalue weighted by molar-refractivity contribution is -0.154. The molecule has 1 unspecified atom stereocenters.